The van der Waals surface area contributed by atoms with E-state index in [2.05, 4.69) is 29.2 Å². The highest BCUT2D eigenvalue weighted by Gasteiger charge is 2.49. The molecule has 2 amide bonds. The van der Waals surface area contributed by atoms with E-state index in [0.717, 1.165) is 11.3 Å². The summed E-state index contributed by atoms with van der Waals surface area (Å²) in [5.74, 6) is 0.103. The molecule has 7 heteroatoms. The van der Waals surface area contributed by atoms with E-state index in [-0.39, 0.29) is 23.3 Å². The van der Waals surface area contributed by atoms with Gasteiger partial charge >= 0.3 is 6.03 Å². The molecule has 1 aliphatic heterocycles. The number of urea groups is 1. The molecule has 1 atom stereocenters. The highest BCUT2D eigenvalue weighted by Crippen LogP contribution is 2.48. The van der Waals surface area contributed by atoms with Crippen molar-refractivity contribution in [2.75, 3.05) is 11.9 Å². The second-order valence-corrected chi connectivity index (χ2v) is 7.79. The summed E-state index contributed by atoms with van der Waals surface area (Å²) >= 11 is 0. The molecule has 1 fully saturated rings. The Kier molecular flexibility index (Phi) is 4.37. The minimum absolute atomic E-state index is 0.0183. The number of halogens is 1. The fraction of sp³-hybridized carbons (Fsp3) is 0.286. The van der Waals surface area contributed by atoms with Gasteiger partial charge in [-0.3, -0.25) is 10.3 Å². The van der Waals surface area contributed by atoms with Gasteiger partial charge in [-0.15, -0.1) is 5.10 Å². The topological polar surface area (TPSA) is 63.1 Å². The zero-order chi connectivity index (χ0) is 19.9. The molecule has 6 nitrogen and oxygen atoms in total. The van der Waals surface area contributed by atoms with E-state index < -0.39 is 0 Å². The Hall–Kier alpha value is -3.22. The number of aryl methyl sites for hydroxylation is 1. The van der Waals surface area contributed by atoms with E-state index in [1.807, 2.05) is 19.1 Å². The lowest BCUT2D eigenvalue weighted by Gasteiger charge is -2.54. The van der Waals surface area contributed by atoms with Crippen molar-refractivity contribution in [1.82, 2.24) is 19.7 Å². The largest absolute Gasteiger partial charge is 0.323 e. The van der Waals surface area contributed by atoms with Crippen molar-refractivity contribution < 1.29 is 9.18 Å². The number of carbonyl (C=O) groups excluding carboxylic acids is 1. The van der Waals surface area contributed by atoms with E-state index in [1.165, 1.54) is 12.1 Å². The van der Waals surface area contributed by atoms with Gasteiger partial charge in [0.25, 0.3) is 0 Å². The molecule has 1 aliphatic rings. The van der Waals surface area contributed by atoms with Crippen LogP contribution in [0.2, 0.25) is 0 Å². The van der Waals surface area contributed by atoms with Crippen LogP contribution in [0.25, 0.3) is 5.69 Å². The smallest absolute Gasteiger partial charge is 0.316 e. The van der Waals surface area contributed by atoms with E-state index >= 15 is 0 Å². The van der Waals surface area contributed by atoms with Gasteiger partial charge in [0.1, 0.15) is 5.82 Å². The second-order valence-electron chi connectivity index (χ2n) is 7.79. The fourth-order valence-electron chi connectivity index (χ4n) is 3.88. The molecular weight excluding hydrogens is 357 g/mol. The minimum Gasteiger partial charge on any atom is -0.316 e. The van der Waals surface area contributed by atoms with Gasteiger partial charge in [-0.05, 0) is 42.8 Å². The van der Waals surface area contributed by atoms with Crippen molar-refractivity contribution in [3.8, 4) is 5.69 Å². The Morgan fingerprint density at radius 2 is 1.96 bits per heavy atom. The number of benzene rings is 1. The molecule has 0 radical (unpaired) electrons. The summed E-state index contributed by atoms with van der Waals surface area (Å²) in [4.78, 5) is 18.7. The van der Waals surface area contributed by atoms with Gasteiger partial charge in [-0.25, -0.2) is 13.9 Å². The predicted octanol–water partition coefficient (Wildman–Crippen LogP) is 4.33. The predicted molar refractivity (Wildman–Crippen MR) is 105 cm³/mol. The third-order valence-electron chi connectivity index (χ3n) is 5.09. The standard InChI is InChI=1S/C21H22FN5O/c1-14-11-18(25-27(14)17-6-4-5-16(22)12-17)24-20(28)26-13-21(2,3)19(26)15-7-9-23-10-8-15/h4-12,19H,13H2,1-3H3,(H,24,25,28). The summed E-state index contributed by atoms with van der Waals surface area (Å²) in [7, 11) is 0. The third-order valence-corrected chi connectivity index (χ3v) is 5.09. The second kappa shape index (κ2) is 6.74. The quantitative estimate of drug-likeness (QED) is 0.737. The van der Waals surface area contributed by atoms with E-state index in [0.29, 0.717) is 18.1 Å². The first kappa shape index (κ1) is 18.2. The number of nitrogens with one attached hydrogen (secondary N) is 1. The number of hydrogen-bond donors (Lipinski definition) is 1. The molecule has 1 unspecified atom stereocenters. The molecule has 1 saturated heterocycles. The van der Waals surface area contributed by atoms with Crippen LogP contribution in [0.1, 0.15) is 31.1 Å². The van der Waals surface area contributed by atoms with Gasteiger partial charge in [-0.1, -0.05) is 19.9 Å². The molecule has 3 aromatic rings. The van der Waals surface area contributed by atoms with Crippen LogP contribution in [0.15, 0.2) is 54.9 Å². The molecule has 0 spiro atoms. The maximum atomic E-state index is 13.5. The Morgan fingerprint density at radius 1 is 1.21 bits per heavy atom. The van der Waals surface area contributed by atoms with E-state index in [9.17, 15) is 9.18 Å². The Bertz CT molecular complexity index is 1010. The van der Waals surface area contributed by atoms with Crippen molar-refractivity contribution in [1.29, 1.82) is 0 Å². The van der Waals surface area contributed by atoms with Crippen LogP contribution < -0.4 is 5.32 Å². The summed E-state index contributed by atoms with van der Waals surface area (Å²) < 4.78 is 15.1. The first-order chi connectivity index (χ1) is 13.3. The van der Waals surface area contributed by atoms with Gasteiger partial charge in [-0.2, -0.15) is 0 Å². The molecule has 1 aromatic carbocycles. The van der Waals surface area contributed by atoms with Gasteiger partial charge in [0, 0.05) is 36.1 Å². The Balaban J connectivity index is 1.54. The van der Waals surface area contributed by atoms with Crippen LogP contribution in [0.3, 0.4) is 0 Å². The van der Waals surface area contributed by atoms with Crippen LogP contribution >= 0.6 is 0 Å². The maximum absolute atomic E-state index is 13.5. The lowest BCUT2D eigenvalue weighted by molar-refractivity contribution is -0.0116. The average Bonchev–Trinajstić information content (AvgIpc) is 3.01. The van der Waals surface area contributed by atoms with E-state index in [4.69, 9.17) is 0 Å². The molecule has 4 rings (SSSR count). The summed E-state index contributed by atoms with van der Waals surface area (Å²) in [5.41, 5.74) is 2.45. The number of nitrogens with zero attached hydrogens (tertiary/aromatic N) is 4. The average molecular weight is 379 g/mol. The molecule has 2 aromatic heterocycles. The molecule has 3 heterocycles. The van der Waals surface area contributed by atoms with Gasteiger partial charge in [0.05, 0.1) is 11.7 Å². The highest BCUT2D eigenvalue weighted by atomic mass is 19.1. The van der Waals surface area contributed by atoms with E-state index in [1.54, 1.807) is 40.2 Å². The minimum atomic E-state index is -0.332. The molecule has 1 N–H and O–H groups in total. The number of carbonyl (C=O) groups is 1. The molecule has 144 valence electrons. The number of hydrogen-bond acceptors (Lipinski definition) is 3. The number of aromatic nitrogens is 3. The van der Waals surface area contributed by atoms with Gasteiger partial charge in [0.15, 0.2) is 5.82 Å². The fourth-order valence-corrected chi connectivity index (χ4v) is 3.88. The summed E-state index contributed by atoms with van der Waals surface area (Å²) in [6.45, 7) is 6.80. The van der Waals surface area contributed by atoms with Crippen LogP contribution in [-0.4, -0.2) is 32.2 Å². The van der Waals surface area contributed by atoms with Crippen molar-refractivity contribution in [2.45, 2.75) is 26.8 Å². The normalized spacial score (nSPS) is 17.9. The Morgan fingerprint density at radius 3 is 2.64 bits per heavy atom. The number of rotatable bonds is 3. The number of amides is 2. The summed E-state index contributed by atoms with van der Waals surface area (Å²) in [5, 5.41) is 7.29. The lowest BCUT2D eigenvalue weighted by atomic mass is 9.72. The third kappa shape index (κ3) is 3.24. The monoisotopic (exact) mass is 379 g/mol. The van der Waals surface area contributed by atoms with Gasteiger partial charge < -0.3 is 4.90 Å². The maximum Gasteiger partial charge on any atom is 0.323 e. The number of pyridine rings is 1. The highest BCUT2D eigenvalue weighted by molar-refractivity contribution is 5.89. The SMILES string of the molecule is Cc1cc(NC(=O)N2CC(C)(C)C2c2ccncc2)nn1-c1cccc(F)c1. The van der Waals surface area contributed by atoms with Crippen molar-refractivity contribution in [3.05, 3.63) is 71.9 Å². The molecule has 0 saturated carbocycles. The molecule has 0 aliphatic carbocycles. The van der Waals surface area contributed by atoms with Crippen LogP contribution in [-0.2, 0) is 0 Å². The van der Waals surface area contributed by atoms with Crippen molar-refractivity contribution >= 4 is 11.8 Å². The van der Waals surface area contributed by atoms with Crippen LogP contribution in [0, 0.1) is 18.2 Å². The summed E-state index contributed by atoms with van der Waals surface area (Å²) in [6, 6.07) is 11.6. The first-order valence-corrected chi connectivity index (χ1v) is 9.15. The van der Waals surface area contributed by atoms with Crippen LogP contribution in [0.4, 0.5) is 15.0 Å². The Labute approximate surface area is 163 Å². The first-order valence-electron chi connectivity index (χ1n) is 9.15. The van der Waals surface area contributed by atoms with Gasteiger partial charge in [0.2, 0.25) is 0 Å². The van der Waals surface area contributed by atoms with Crippen LogP contribution in [0.5, 0.6) is 0 Å². The van der Waals surface area contributed by atoms with Crippen molar-refractivity contribution in [2.24, 2.45) is 5.41 Å². The molecule has 0 bridgehead atoms. The zero-order valence-corrected chi connectivity index (χ0v) is 16.1. The lowest BCUT2D eigenvalue weighted by Crippen LogP contribution is -2.59. The number of likely N-dealkylation sites (tertiary alicyclic amines) is 1. The molecular formula is C21H22FN5O. The zero-order valence-electron chi connectivity index (χ0n) is 16.1. The summed E-state index contributed by atoms with van der Waals surface area (Å²) in [6.07, 6.45) is 3.48. The van der Waals surface area contributed by atoms with Crippen molar-refractivity contribution in [3.63, 3.8) is 0 Å². The molecule has 28 heavy (non-hydrogen) atoms. The number of anilines is 1.